The third kappa shape index (κ3) is 4.28. The minimum atomic E-state index is -0.766. The van der Waals surface area contributed by atoms with Crippen molar-refractivity contribution in [3.8, 4) is 11.5 Å². The molecule has 2 aromatic rings. The van der Waals surface area contributed by atoms with E-state index >= 15 is 0 Å². The molecular formula is C21H24BrNO4. The van der Waals surface area contributed by atoms with Crippen molar-refractivity contribution in [1.82, 2.24) is 4.90 Å². The fraction of sp³-hybridized carbons (Fsp3) is 0.381. The van der Waals surface area contributed by atoms with Crippen LogP contribution in [0.25, 0.3) is 0 Å². The number of hydrogen-bond donors (Lipinski definition) is 1. The van der Waals surface area contributed by atoms with E-state index in [-0.39, 0.29) is 6.04 Å². The number of nitrogens with zero attached hydrogens (tertiary/aromatic N) is 1. The smallest absolute Gasteiger partial charge is 0.320 e. The Kier molecular flexibility index (Phi) is 6.39. The Morgan fingerprint density at radius 1 is 1.07 bits per heavy atom. The summed E-state index contributed by atoms with van der Waals surface area (Å²) < 4.78 is 11.8. The minimum absolute atomic E-state index is 0.167. The topological polar surface area (TPSA) is 59.0 Å². The zero-order valence-electron chi connectivity index (χ0n) is 15.5. The largest absolute Gasteiger partial charge is 0.493 e. The highest BCUT2D eigenvalue weighted by molar-refractivity contribution is 9.10. The van der Waals surface area contributed by atoms with Gasteiger partial charge in [0.1, 0.15) is 6.04 Å². The van der Waals surface area contributed by atoms with E-state index in [0.717, 1.165) is 35.0 Å². The maximum Gasteiger partial charge on any atom is 0.320 e. The average Bonchev–Trinajstić information content (AvgIpc) is 2.69. The van der Waals surface area contributed by atoms with Gasteiger partial charge in [0.15, 0.2) is 11.5 Å². The van der Waals surface area contributed by atoms with Crippen LogP contribution in [0.1, 0.15) is 36.4 Å². The second-order valence-electron chi connectivity index (χ2n) is 6.66. The van der Waals surface area contributed by atoms with Gasteiger partial charge >= 0.3 is 5.97 Å². The molecule has 2 unspecified atom stereocenters. The summed E-state index contributed by atoms with van der Waals surface area (Å²) in [5.41, 5.74) is 2.04. The summed E-state index contributed by atoms with van der Waals surface area (Å²) in [5.74, 6) is 0.530. The first-order valence-electron chi connectivity index (χ1n) is 9.01. The summed E-state index contributed by atoms with van der Waals surface area (Å²) in [5, 5.41) is 9.78. The van der Waals surface area contributed by atoms with E-state index in [9.17, 15) is 9.90 Å². The SMILES string of the molecule is COc1ccc(C(c2ccc(Br)cc2)N2CCCCC2C(=O)O)cc1OC. The highest BCUT2D eigenvalue weighted by Crippen LogP contribution is 2.38. The minimum Gasteiger partial charge on any atom is -0.493 e. The van der Waals surface area contributed by atoms with Gasteiger partial charge in [-0.15, -0.1) is 0 Å². The Labute approximate surface area is 168 Å². The second kappa shape index (κ2) is 8.76. The summed E-state index contributed by atoms with van der Waals surface area (Å²) >= 11 is 3.48. The van der Waals surface area contributed by atoms with Gasteiger partial charge in [0.2, 0.25) is 0 Å². The lowest BCUT2D eigenvalue weighted by Gasteiger charge is -2.39. The van der Waals surface area contributed by atoms with E-state index < -0.39 is 12.0 Å². The lowest BCUT2D eigenvalue weighted by molar-refractivity contribution is -0.145. The number of carbonyl (C=O) groups is 1. The quantitative estimate of drug-likeness (QED) is 0.726. The Balaban J connectivity index is 2.10. The summed E-state index contributed by atoms with van der Waals surface area (Å²) in [4.78, 5) is 14.0. The van der Waals surface area contributed by atoms with Gasteiger partial charge < -0.3 is 14.6 Å². The number of ether oxygens (including phenoxy) is 2. The molecule has 0 bridgehead atoms. The number of piperidine rings is 1. The Bertz CT molecular complexity index is 793. The van der Waals surface area contributed by atoms with Crippen molar-refractivity contribution in [2.75, 3.05) is 20.8 Å². The van der Waals surface area contributed by atoms with Crippen molar-refractivity contribution >= 4 is 21.9 Å². The van der Waals surface area contributed by atoms with E-state index in [2.05, 4.69) is 20.8 Å². The van der Waals surface area contributed by atoms with E-state index in [0.29, 0.717) is 17.9 Å². The van der Waals surface area contributed by atoms with Crippen molar-refractivity contribution in [3.63, 3.8) is 0 Å². The number of benzene rings is 2. The summed E-state index contributed by atoms with van der Waals surface area (Å²) in [7, 11) is 3.21. The Hall–Kier alpha value is -2.05. The molecule has 27 heavy (non-hydrogen) atoms. The number of aliphatic carboxylic acids is 1. The fourth-order valence-corrected chi connectivity index (χ4v) is 4.04. The van der Waals surface area contributed by atoms with Crippen LogP contribution in [0.5, 0.6) is 11.5 Å². The van der Waals surface area contributed by atoms with Gasteiger partial charge in [-0.25, -0.2) is 0 Å². The molecule has 0 radical (unpaired) electrons. The summed E-state index contributed by atoms with van der Waals surface area (Å²) in [6.45, 7) is 0.742. The van der Waals surface area contributed by atoms with E-state index in [1.807, 2.05) is 42.5 Å². The van der Waals surface area contributed by atoms with Crippen LogP contribution in [0.2, 0.25) is 0 Å². The predicted molar refractivity (Wildman–Crippen MR) is 108 cm³/mol. The van der Waals surface area contributed by atoms with Gasteiger partial charge in [-0.3, -0.25) is 9.69 Å². The van der Waals surface area contributed by atoms with Crippen LogP contribution in [0.3, 0.4) is 0 Å². The number of methoxy groups -OCH3 is 2. The molecule has 1 saturated heterocycles. The van der Waals surface area contributed by atoms with Gasteiger partial charge in [0.05, 0.1) is 20.3 Å². The molecule has 2 aromatic carbocycles. The first-order valence-corrected chi connectivity index (χ1v) is 9.80. The number of likely N-dealkylation sites (tertiary alicyclic amines) is 1. The average molecular weight is 434 g/mol. The van der Waals surface area contributed by atoms with Crippen molar-refractivity contribution in [3.05, 3.63) is 58.1 Å². The number of carboxylic acid groups (broad SMARTS) is 1. The monoisotopic (exact) mass is 433 g/mol. The molecule has 0 aromatic heterocycles. The van der Waals surface area contributed by atoms with E-state index in [1.165, 1.54) is 0 Å². The molecular weight excluding hydrogens is 410 g/mol. The van der Waals surface area contributed by atoms with Crippen LogP contribution in [0.4, 0.5) is 0 Å². The third-order valence-electron chi connectivity index (χ3n) is 5.07. The van der Waals surface area contributed by atoms with Gasteiger partial charge in [0, 0.05) is 4.47 Å². The molecule has 5 nitrogen and oxygen atoms in total. The molecule has 1 N–H and O–H groups in total. The van der Waals surface area contributed by atoms with Crippen molar-refractivity contribution in [2.45, 2.75) is 31.3 Å². The number of halogens is 1. The molecule has 1 heterocycles. The number of hydrogen-bond acceptors (Lipinski definition) is 4. The van der Waals surface area contributed by atoms with E-state index in [1.54, 1.807) is 14.2 Å². The third-order valence-corrected chi connectivity index (χ3v) is 5.60. The van der Waals surface area contributed by atoms with Crippen molar-refractivity contribution < 1.29 is 19.4 Å². The molecule has 3 rings (SSSR count). The van der Waals surface area contributed by atoms with Crippen molar-refractivity contribution in [2.24, 2.45) is 0 Å². The van der Waals surface area contributed by atoms with Gasteiger partial charge in [-0.05, 0) is 54.8 Å². The lowest BCUT2D eigenvalue weighted by Crippen LogP contribution is -2.46. The standard InChI is InChI=1S/C21H24BrNO4/c1-26-18-11-8-15(13-19(18)27-2)20(14-6-9-16(22)10-7-14)23-12-4-3-5-17(23)21(24)25/h6-11,13,17,20H,3-5,12H2,1-2H3,(H,24,25). The van der Waals surface area contributed by atoms with Gasteiger partial charge in [-0.1, -0.05) is 40.5 Å². The summed E-state index contributed by atoms with van der Waals surface area (Å²) in [6.07, 6.45) is 2.59. The van der Waals surface area contributed by atoms with Crippen LogP contribution in [-0.4, -0.2) is 42.8 Å². The van der Waals surface area contributed by atoms with Crippen LogP contribution in [0.15, 0.2) is 46.9 Å². The maximum absolute atomic E-state index is 11.9. The normalized spacial score (nSPS) is 18.7. The first-order chi connectivity index (χ1) is 13.0. The first kappa shape index (κ1) is 19.7. The van der Waals surface area contributed by atoms with Crippen LogP contribution in [-0.2, 0) is 4.79 Å². The van der Waals surface area contributed by atoms with Crippen LogP contribution in [0, 0.1) is 0 Å². The van der Waals surface area contributed by atoms with Crippen LogP contribution >= 0.6 is 15.9 Å². The van der Waals surface area contributed by atoms with Crippen LogP contribution < -0.4 is 9.47 Å². The molecule has 6 heteroatoms. The molecule has 0 amide bonds. The molecule has 1 aliphatic rings. The fourth-order valence-electron chi connectivity index (χ4n) is 3.77. The second-order valence-corrected chi connectivity index (χ2v) is 7.57. The molecule has 0 spiro atoms. The molecule has 1 fully saturated rings. The molecule has 144 valence electrons. The Morgan fingerprint density at radius 2 is 1.74 bits per heavy atom. The van der Waals surface area contributed by atoms with Crippen molar-refractivity contribution in [1.29, 1.82) is 0 Å². The molecule has 0 saturated carbocycles. The number of carboxylic acids is 1. The predicted octanol–water partition coefficient (Wildman–Crippen LogP) is 4.49. The lowest BCUT2D eigenvalue weighted by atomic mass is 9.91. The highest BCUT2D eigenvalue weighted by atomic mass is 79.9. The Morgan fingerprint density at radius 3 is 2.37 bits per heavy atom. The van der Waals surface area contributed by atoms with E-state index in [4.69, 9.17) is 9.47 Å². The van der Waals surface area contributed by atoms with Gasteiger partial charge in [0.25, 0.3) is 0 Å². The zero-order valence-corrected chi connectivity index (χ0v) is 17.1. The zero-order chi connectivity index (χ0) is 19.4. The molecule has 2 atom stereocenters. The number of rotatable bonds is 6. The molecule has 0 aliphatic carbocycles. The van der Waals surface area contributed by atoms with Gasteiger partial charge in [-0.2, -0.15) is 0 Å². The highest BCUT2D eigenvalue weighted by Gasteiger charge is 2.35. The maximum atomic E-state index is 11.9. The summed E-state index contributed by atoms with van der Waals surface area (Å²) in [6, 6.07) is 13.2. The molecule has 1 aliphatic heterocycles.